The van der Waals surface area contributed by atoms with E-state index in [2.05, 4.69) is 27.8 Å². The predicted molar refractivity (Wildman–Crippen MR) is 70.6 cm³/mol. The highest BCUT2D eigenvalue weighted by Gasteiger charge is 2.06. The molecule has 0 spiro atoms. The monoisotopic (exact) mass is 254 g/mol. The minimum Gasteiger partial charge on any atom is -0.382 e. The lowest BCUT2D eigenvalue weighted by molar-refractivity contribution is 0.0365. The molecule has 1 atom stereocenters. The van der Waals surface area contributed by atoms with Crippen molar-refractivity contribution in [1.29, 1.82) is 0 Å². The first-order valence-corrected chi connectivity index (χ1v) is 6.09. The van der Waals surface area contributed by atoms with Crippen molar-refractivity contribution in [3.63, 3.8) is 0 Å². The number of aromatic nitrogens is 2. The summed E-state index contributed by atoms with van der Waals surface area (Å²) in [6.45, 7) is 4.92. The molecule has 0 radical (unpaired) electrons. The molecule has 1 aromatic heterocycles. The van der Waals surface area contributed by atoms with E-state index in [0.717, 1.165) is 24.6 Å². The van der Waals surface area contributed by atoms with Gasteiger partial charge in [-0.2, -0.15) is 5.10 Å². The third-order valence-corrected chi connectivity index (χ3v) is 2.47. The molecule has 2 N–H and O–H groups in total. The number of methoxy groups -OCH3 is 2. The van der Waals surface area contributed by atoms with Crippen LogP contribution in [0.15, 0.2) is 12.1 Å². The molecule has 1 aromatic rings. The summed E-state index contributed by atoms with van der Waals surface area (Å²) in [5.74, 6) is 0.744. The highest BCUT2D eigenvalue weighted by molar-refractivity contribution is 5.32. The average Bonchev–Trinajstić information content (AvgIpc) is 2.42. The Morgan fingerprint density at radius 3 is 2.67 bits per heavy atom. The molecule has 1 heterocycles. The van der Waals surface area contributed by atoms with Gasteiger partial charge in [-0.3, -0.25) is 0 Å². The van der Waals surface area contributed by atoms with Gasteiger partial charge in [0.25, 0.3) is 0 Å². The van der Waals surface area contributed by atoms with Crippen molar-refractivity contribution >= 4 is 5.82 Å². The lowest BCUT2D eigenvalue weighted by atomic mass is 10.3. The van der Waals surface area contributed by atoms with Gasteiger partial charge in [0, 0.05) is 27.3 Å². The van der Waals surface area contributed by atoms with Crippen LogP contribution >= 0.6 is 0 Å². The van der Waals surface area contributed by atoms with Gasteiger partial charge in [-0.1, -0.05) is 6.92 Å². The van der Waals surface area contributed by atoms with Crippen LogP contribution in [0.4, 0.5) is 5.82 Å². The van der Waals surface area contributed by atoms with Crippen molar-refractivity contribution in [2.24, 2.45) is 0 Å². The molecule has 0 aromatic carbocycles. The summed E-state index contributed by atoms with van der Waals surface area (Å²) in [5, 5.41) is 14.6. The second-order valence-corrected chi connectivity index (χ2v) is 3.88. The van der Waals surface area contributed by atoms with Crippen LogP contribution in [0.2, 0.25) is 0 Å². The number of hydrogen-bond donors (Lipinski definition) is 2. The first-order valence-electron chi connectivity index (χ1n) is 6.09. The SMILES string of the molecule is CCNCc1ccc(NCC(COC)OC)nn1. The van der Waals surface area contributed by atoms with Gasteiger partial charge in [0.2, 0.25) is 0 Å². The van der Waals surface area contributed by atoms with Crippen molar-refractivity contribution in [2.45, 2.75) is 19.6 Å². The van der Waals surface area contributed by atoms with Crippen LogP contribution in [-0.2, 0) is 16.0 Å². The Morgan fingerprint density at radius 1 is 1.28 bits per heavy atom. The molecular weight excluding hydrogens is 232 g/mol. The highest BCUT2D eigenvalue weighted by atomic mass is 16.5. The van der Waals surface area contributed by atoms with E-state index in [0.29, 0.717) is 13.2 Å². The molecule has 0 saturated heterocycles. The maximum absolute atomic E-state index is 5.24. The Bertz CT molecular complexity index is 318. The minimum absolute atomic E-state index is 0.0123. The molecule has 6 nitrogen and oxygen atoms in total. The molecule has 0 bridgehead atoms. The van der Waals surface area contributed by atoms with Gasteiger partial charge < -0.3 is 20.1 Å². The smallest absolute Gasteiger partial charge is 0.148 e. The second-order valence-electron chi connectivity index (χ2n) is 3.88. The van der Waals surface area contributed by atoms with Crippen molar-refractivity contribution in [3.8, 4) is 0 Å². The van der Waals surface area contributed by atoms with Crippen LogP contribution in [0.5, 0.6) is 0 Å². The maximum atomic E-state index is 5.24. The van der Waals surface area contributed by atoms with Crippen molar-refractivity contribution in [1.82, 2.24) is 15.5 Å². The van der Waals surface area contributed by atoms with Crippen LogP contribution in [0.3, 0.4) is 0 Å². The van der Waals surface area contributed by atoms with Gasteiger partial charge in [0.1, 0.15) is 5.82 Å². The topological polar surface area (TPSA) is 68.3 Å². The zero-order chi connectivity index (χ0) is 13.2. The molecule has 0 aliphatic rings. The number of hydrogen-bond acceptors (Lipinski definition) is 6. The summed E-state index contributed by atoms with van der Waals surface area (Å²) in [7, 11) is 3.32. The van der Waals surface area contributed by atoms with E-state index in [1.165, 1.54) is 0 Å². The van der Waals surface area contributed by atoms with Crippen LogP contribution in [0.1, 0.15) is 12.6 Å². The van der Waals surface area contributed by atoms with Crippen molar-refractivity contribution < 1.29 is 9.47 Å². The molecule has 1 rings (SSSR count). The van der Waals surface area contributed by atoms with E-state index in [1.54, 1.807) is 14.2 Å². The van der Waals surface area contributed by atoms with Gasteiger partial charge in [0.15, 0.2) is 0 Å². The quantitative estimate of drug-likeness (QED) is 0.675. The van der Waals surface area contributed by atoms with Crippen LogP contribution in [-0.4, -0.2) is 50.2 Å². The molecule has 0 aliphatic heterocycles. The summed E-state index contributed by atoms with van der Waals surface area (Å²) < 4.78 is 10.3. The van der Waals surface area contributed by atoms with Crippen LogP contribution in [0.25, 0.3) is 0 Å². The normalized spacial score (nSPS) is 12.4. The third-order valence-electron chi connectivity index (χ3n) is 2.47. The lowest BCUT2D eigenvalue weighted by Crippen LogP contribution is -2.27. The summed E-state index contributed by atoms with van der Waals surface area (Å²) in [6, 6.07) is 3.87. The summed E-state index contributed by atoms with van der Waals surface area (Å²) in [4.78, 5) is 0. The highest BCUT2D eigenvalue weighted by Crippen LogP contribution is 2.03. The number of anilines is 1. The van der Waals surface area contributed by atoms with Gasteiger partial charge in [-0.25, -0.2) is 0 Å². The van der Waals surface area contributed by atoms with Gasteiger partial charge in [-0.15, -0.1) is 5.10 Å². The predicted octanol–water partition coefficient (Wildman–Crippen LogP) is 0.659. The molecule has 0 fully saturated rings. The molecule has 0 saturated carbocycles. The third kappa shape index (κ3) is 5.39. The van der Waals surface area contributed by atoms with E-state index >= 15 is 0 Å². The Balaban J connectivity index is 2.38. The maximum Gasteiger partial charge on any atom is 0.148 e. The zero-order valence-corrected chi connectivity index (χ0v) is 11.3. The Kier molecular flexibility index (Phi) is 7.24. The Hall–Kier alpha value is -1.24. The number of nitrogens with zero attached hydrogens (tertiary/aromatic N) is 2. The largest absolute Gasteiger partial charge is 0.382 e. The molecule has 1 unspecified atom stereocenters. The summed E-state index contributed by atoms with van der Waals surface area (Å²) in [5.41, 5.74) is 0.933. The summed E-state index contributed by atoms with van der Waals surface area (Å²) in [6.07, 6.45) is 0.0123. The number of rotatable bonds is 9. The zero-order valence-electron chi connectivity index (χ0n) is 11.3. The second kappa shape index (κ2) is 8.79. The first-order chi connectivity index (χ1) is 8.80. The first kappa shape index (κ1) is 14.8. The average molecular weight is 254 g/mol. The minimum atomic E-state index is 0.0123. The number of nitrogens with one attached hydrogen (secondary N) is 2. The fraction of sp³-hybridized carbons (Fsp3) is 0.667. The van der Waals surface area contributed by atoms with Gasteiger partial charge in [0.05, 0.1) is 18.4 Å². The van der Waals surface area contributed by atoms with E-state index in [-0.39, 0.29) is 6.10 Å². The van der Waals surface area contributed by atoms with Gasteiger partial charge >= 0.3 is 0 Å². The Morgan fingerprint density at radius 2 is 2.11 bits per heavy atom. The van der Waals surface area contributed by atoms with Crippen LogP contribution < -0.4 is 10.6 Å². The van der Waals surface area contributed by atoms with E-state index in [1.807, 2.05) is 12.1 Å². The lowest BCUT2D eigenvalue weighted by Gasteiger charge is -2.15. The standard InChI is InChI=1S/C12H22N4O2/c1-4-13-7-10-5-6-12(16-15-10)14-8-11(18-3)9-17-2/h5-6,11,13H,4,7-9H2,1-3H3,(H,14,16). The fourth-order valence-electron chi connectivity index (χ4n) is 1.42. The molecular formula is C12H22N4O2. The van der Waals surface area contributed by atoms with Crippen molar-refractivity contribution in [3.05, 3.63) is 17.8 Å². The van der Waals surface area contributed by atoms with E-state index in [9.17, 15) is 0 Å². The molecule has 18 heavy (non-hydrogen) atoms. The number of ether oxygens (including phenoxy) is 2. The van der Waals surface area contributed by atoms with E-state index < -0.39 is 0 Å². The molecule has 6 heteroatoms. The molecule has 0 aliphatic carbocycles. The fourth-order valence-corrected chi connectivity index (χ4v) is 1.42. The Labute approximate surface area is 108 Å². The van der Waals surface area contributed by atoms with Crippen molar-refractivity contribution in [2.75, 3.05) is 39.2 Å². The molecule has 102 valence electrons. The molecule has 0 amide bonds. The summed E-state index contributed by atoms with van der Waals surface area (Å²) >= 11 is 0. The van der Waals surface area contributed by atoms with Gasteiger partial charge in [-0.05, 0) is 18.7 Å². The van der Waals surface area contributed by atoms with Crippen LogP contribution in [0, 0.1) is 0 Å². The van der Waals surface area contributed by atoms with E-state index in [4.69, 9.17) is 9.47 Å².